The number of rotatable bonds is 1. The Bertz CT molecular complexity index is 171. The van der Waals surface area contributed by atoms with Crippen molar-refractivity contribution >= 4 is 0 Å². The summed E-state index contributed by atoms with van der Waals surface area (Å²) in [5, 5.41) is 3.64. The minimum atomic E-state index is 0.531. The van der Waals surface area contributed by atoms with E-state index in [1.54, 1.807) is 0 Å². The van der Waals surface area contributed by atoms with Crippen LogP contribution in [0.1, 0.15) is 32.6 Å². The van der Waals surface area contributed by atoms with E-state index in [4.69, 9.17) is 4.74 Å². The average Bonchev–Trinajstić information content (AvgIpc) is 2.18. The second kappa shape index (κ2) is 3.97. The van der Waals surface area contributed by atoms with Crippen LogP contribution in [0.3, 0.4) is 0 Å². The molecular weight excluding hydrogens is 162 g/mol. The van der Waals surface area contributed by atoms with E-state index in [-0.39, 0.29) is 0 Å². The lowest BCUT2D eigenvalue weighted by atomic mass is 9.73. The van der Waals surface area contributed by atoms with Gasteiger partial charge in [-0.1, -0.05) is 6.92 Å². The Morgan fingerprint density at radius 1 is 1.23 bits per heavy atom. The van der Waals surface area contributed by atoms with E-state index < -0.39 is 0 Å². The largest absolute Gasteiger partial charge is 0.381 e. The van der Waals surface area contributed by atoms with Gasteiger partial charge in [0.15, 0.2) is 0 Å². The molecule has 1 heterocycles. The van der Waals surface area contributed by atoms with E-state index in [0.717, 1.165) is 17.9 Å². The SMILES string of the molecule is COC1CCC2NCCC(C)C2C1. The third kappa shape index (κ3) is 1.89. The lowest BCUT2D eigenvalue weighted by molar-refractivity contribution is 0.0133. The van der Waals surface area contributed by atoms with Crippen molar-refractivity contribution in [3.8, 4) is 0 Å². The maximum atomic E-state index is 5.46. The fourth-order valence-corrected chi connectivity index (χ4v) is 2.97. The Morgan fingerprint density at radius 3 is 2.85 bits per heavy atom. The highest BCUT2D eigenvalue weighted by Crippen LogP contribution is 2.35. The van der Waals surface area contributed by atoms with Crippen LogP contribution in [-0.2, 0) is 4.74 Å². The van der Waals surface area contributed by atoms with Crippen molar-refractivity contribution in [1.29, 1.82) is 0 Å². The van der Waals surface area contributed by atoms with Gasteiger partial charge in [-0.3, -0.25) is 0 Å². The second-order valence-electron chi connectivity index (χ2n) is 4.66. The first-order valence-electron chi connectivity index (χ1n) is 5.57. The highest BCUT2D eigenvalue weighted by molar-refractivity contribution is 4.91. The van der Waals surface area contributed by atoms with Crippen LogP contribution in [-0.4, -0.2) is 25.8 Å². The Morgan fingerprint density at radius 2 is 2.08 bits per heavy atom. The molecule has 4 unspecified atom stereocenters. The topological polar surface area (TPSA) is 21.3 Å². The molecule has 1 aliphatic carbocycles. The monoisotopic (exact) mass is 183 g/mol. The van der Waals surface area contributed by atoms with Crippen molar-refractivity contribution in [2.24, 2.45) is 11.8 Å². The highest BCUT2D eigenvalue weighted by atomic mass is 16.5. The quantitative estimate of drug-likeness (QED) is 0.669. The molecule has 1 saturated heterocycles. The number of piperidine rings is 1. The van der Waals surface area contributed by atoms with Crippen molar-refractivity contribution < 1.29 is 4.74 Å². The molecule has 0 aromatic heterocycles. The van der Waals surface area contributed by atoms with Crippen LogP contribution >= 0.6 is 0 Å². The molecule has 0 amide bonds. The molecule has 1 saturated carbocycles. The first-order valence-corrected chi connectivity index (χ1v) is 5.57. The maximum Gasteiger partial charge on any atom is 0.0575 e. The molecule has 2 nitrogen and oxygen atoms in total. The number of nitrogens with one attached hydrogen (secondary N) is 1. The van der Waals surface area contributed by atoms with Gasteiger partial charge in [-0.2, -0.15) is 0 Å². The third-order valence-electron chi connectivity index (χ3n) is 3.92. The molecule has 13 heavy (non-hydrogen) atoms. The minimum Gasteiger partial charge on any atom is -0.381 e. The summed E-state index contributed by atoms with van der Waals surface area (Å²) >= 11 is 0. The molecule has 0 aromatic carbocycles. The number of hydrogen-bond acceptors (Lipinski definition) is 2. The number of methoxy groups -OCH3 is 1. The Hall–Kier alpha value is -0.0800. The van der Waals surface area contributed by atoms with E-state index in [1.165, 1.54) is 32.2 Å². The van der Waals surface area contributed by atoms with Gasteiger partial charge in [0.05, 0.1) is 6.10 Å². The molecule has 2 aliphatic rings. The molecule has 1 aliphatic heterocycles. The Balaban J connectivity index is 1.97. The van der Waals surface area contributed by atoms with Crippen LogP contribution in [0, 0.1) is 11.8 Å². The van der Waals surface area contributed by atoms with E-state index in [0.29, 0.717) is 6.10 Å². The molecule has 4 atom stereocenters. The number of fused-ring (bicyclic) bond motifs is 1. The van der Waals surface area contributed by atoms with Crippen LogP contribution in [0.5, 0.6) is 0 Å². The van der Waals surface area contributed by atoms with E-state index >= 15 is 0 Å². The van der Waals surface area contributed by atoms with Crippen molar-refractivity contribution in [3.05, 3.63) is 0 Å². The Kier molecular flexibility index (Phi) is 2.89. The third-order valence-corrected chi connectivity index (χ3v) is 3.92. The van der Waals surface area contributed by atoms with E-state index in [2.05, 4.69) is 12.2 Å². The first kappa shape index (κ1) is 9.47. The summed E-state index contributed by atoms with van der Waals surface area (Å²) in [6.07, 6.45) is 5.71. The van der Waals surface area contributed by atoms with Gasteiger partial charge in [0.1, 0.15) is 0 Å². The van der Waals surface area contributed by atoms with Crippen molar-refractivity contribution in [3.63, 3.8) is 0 Å². The molecule has 2 heteroatoms. The smallest absolute Gasteiger partial charge is 0.0575 e. The van der Waals surface area contributed by atoms with Gasteiger partial charge in [-0.25, -0.2) is 0 Å². The van der Waals surface area contributed by atoms with Gasteiger partial charge in [0, 0.05) is 13.2 Å². The summed E-state index contributed by atoms with van der Waals surface area (Å²) in [5.74, 6) is 1.76. The van der Waals surface area contributed by atoms with Gasteiger partial charge in [0.2, 0.25) is 0 Å². The molecule has 0 aromatic rings. The summed E-state index contributed by atoms with van der Waals surface area (Å²) in [5.41, 5.74) is 0. The van der Waals surface area contributed by atoms with Crippen molar-refractivity contribution in [2.75, 3.05) is 13.7 Å². The summed E-state index contributed by atoms with van der Waals surface area (Å²) in [7, 11) is 1.85. The van der Waals surface area contributed by atoms with Gasteiger partial charge in [0.25, 0.3) is 0 Å². The predicted molar refractivity (Wildman–Crippen MR) is 53.7 cm³/mol. The zero-order valence-corrected chi connectivity index (χ0v) is 8.75. The molecule has 0 bridgehead atoms. The summed E-state index contributed by atoms with van der Waals surface area (Å²) in [6.45, 7) is 3.62. The van der Waals surface area contributed by atoms with Crippen LogP contribution in [0.4, 0.5) is 0 Å². The molecule has 2 rings (SSSR count). The predicted octanol–water partition coefficient (Wildman–Crippen LogP) is 1.80. The lowest BCUT2D eigenvalue weighted by Gasteiger charge is -2.43. The second-order valence-corrected chi connectivity index (χ2v) is 4.66. The van der Waals surface area contributed by atoms with Crippen molar-refractivity contribution in [1.82, 2.24) is 5.32 Å². The number of hydrogen-bond donors (Lipinski definition) is 1. The summed E-state index contributed by atoms with van der Waals surface area (Å²) in [4.78, 5) is 0. The van der Waals surface area contributed by atoms with Gasteiger partial charge < -0.3 is 10.1 Å². The molecule has 1 N–H and O–H groups in total. The van der Waals surface area contributed by atoms with Gasteiger partial charge in [-0.15, -0.1) is 0 Å². The highest BCUT2D eigenvalue weighted by Gasteiger charge is 2.35. The molecular formula is C11H21NO. The summed E-state index contributed by atoms with van der Waals surface area (Å²) in [6, 6.07) is 0.787. The average molecular weight is 183 g/mol. The van der Waals surface area contributed by atoms with Crippen LogP contribution in [0.25, 0.3) is 0 Å². The normalized spacial score (nSPS) is 45.7. The van der Waals surface area contributed by atoms with Crippen LogP contribution in [0.2, 0.25) is 0 Å². The van der Waals surface area contributed by atoms with E-state index in [9.17, 15) is 0 Å². The Labute approximate surface area is 81.0 Å². The number of ether oxygens (including phenoxy) is 1. The molecule has 0 radical (unpaired) electrons. The maximum absolute atomic E-state index is 5.46. The van der Waals surface area contributed by atoms with Crippen molar-refractivity contribution in [2.45, 2.75) is 44.8 Å². The zero-order valence-electron chi connectivity index (χ0n) is 8.75. The fraction of sp³-hybridized carbons (Fsp3) is 1.00. The van der Waals surface area contributed by atoms with Crippen LogP contribution < -0.4 is 5.32 Å². The minimum absolute atomic E-state index is 0.531. The van der Waals surface area contributed by atoms with Gasteiger partial charge in [-0.05, 0) is 44.1 Å². The molecule has 76 valence electrons. The zero-order chi connectivity index (χ0) is 9.26. The molecule has 0 spiro atoms. The first-order chi connectivity index (χ1) is 6.31. The van der Waals surface area contributed by atoms with Gasteiger partial charge >= 0.3 is 0 Å². The lowest BCUT2D eigenvalue weighted by Crippen LogP contribution is -2.49. The van der Waals surface area contributed by atoms with Crippen LogP contribution in [0.15, 0.2) is 0 Å². The summed E-state index contributed by atoms with van der Waals surface area (Å²) < 4.78 is 5.46. The van der Waals surface area contributed by atoms with E-state index in [1.807, 2.05) is 7.11 Å². The standard InChI is InChI=1S/C11H21NO/c1-8-5-6-12-11-4-3-9(13-2)7-10(8)11/h8-12H,3-7H2,1-2H3. The fourth-order valence-electron chi connectivity index (χ4n) is 2.97. The molecule has 2 fully saturated rings.